The molecule has 2 aliphatic rings. The molecule has 2 saturated heterocycles. The number of carbonyl (C=O) groups excluding carboxylic acids is 3. The molecule has 4 rings (SSSR count). The summed E-state index contributed by atoms with van der Waals surface area (Å²) in [5, 5.41) is 0. The van der Waals surface area contributed by atoms with E-state index < -0.39 is 5.91 Å². The number of likely N-dealkylation sites (tertiary alicyclic amines) is 1. The highest BCUT2D eigenvalue weighted by molar-refractivity contribution is 5.95. The average molecular weight is 465 g/mol. The lowest BCUT2D eigenvalue weighted by Crippen LogP contribution is -2.52. The van der Waals surface area contributed by atoms with Crippen LogP contribution < -0.4 is 10.5 Å². The van der Waals surface area contributed by atoms with Gasteiger partial charge in [-0.05, 0) is 49.1 Å². The molecule has 0 spiro atoms. The van der Waals surface area contributed by atoms with E-state index in [2.05, 4.69) is 4.90 Å². The van der Waals surface area contributed by atoms with E-state index in [-0.39, 0.29) is 18.4 Å². The van der Waals surface area contributed by atoms with Crippen LogP contribution in [0, 0.1) is 0 Å². The molecule has 2 aromatic rings. The maximum atomic E-state index is 13.1. The van der Waals surface area contributed by atoms with E-state index in [1.54, 1.807) is 30.3 Å². The Labute approximate surface area is 200 Å². The number of hydrogen-bond donors (Lipinski definition) is 1. The molecule has 2 aliphatic heterocycles. The second kappa shape index (κ2) is 11.2. The van der Waals surface area contributed by atoms with Gasteiger partial charge in [0.15, 0.2) is 0 Å². The molecule has 8 nitrogen and oxygen atoms in total. The molecule has 2 N–H and O–H groups in total. The first-order valence-electron chi connectivity index (χ1n) is 11.9. The third-order valence-electron chi connectivity index (χ3n) is 6.45. The second-order valence-electron chi connectivity index (χ2n) is 8.86. The first-order valence-corrected chi connectivity index (χ1v) is 11.9. The van der Waals surface area contributed by atoms with E-state index in [9.17, 15) is 14.4 Å². The van der Waals surface area contributed by atoms with Gasteiger partial charge in [-0.2, -0.15) is 0 Å². The molecular weight excluding hydrogens is 432 g/mol. The fourth-order valence-corrected chi connectivity index (χ4v) is 4.48. The molecule has 2 aromatic carbocycles. The maximum Gasteiger partial charge on any atom is 0.253 e. The molecule has 3 amide bonds. The highest BCUT2D eigenvalue weighted by atomic mass is 16.5. The third-order valence-corrected chi connectivity index (χ3v) is 6.45. The quantitative estimate of drug-likeness (QED) is 0.677. The lowest BCUT2D eigenvalue weighted by molar-refractivity contribution is -0.133. The van der Waals surface area contributed by atoms with Gasteiger partial charge in [0.2, 0.25) is 5.91 Å². The van der Waals surface area contributed by atoms with Gasteiger partial charge in [0.1, 0.15) is 12.4 Å². The lowest BCUT2D eigenvalue weighted by atomic mass is 10.1. The molecule has 2 fully saturated rings. The molecule has 8 heteroatoms. The van der Waals surface area contributed by atoms with Gasteiger partial charge >= 0.3 is 0 Å². The number of carbonyl (C=O) groups is 3. The fraction of sp³-hybridized carbons (Fsp3) is 0.423. The van der Waals surface area contributed by atoms with Crippen LogP contribution in [0.5, 0.6) is 5.75 Å². The van der Waals surface area contributed by atoms with E-state index in [0.717, 1.165) is 31.5 Å². The van der Waals surface area contributed by atoms with Crippen molar-refractivity contribution in [3.63, 3.8) is 0 Å². The van der Waals surface area contributed by atoms with Crippen molar-refractivity contribution < 1.29 is 19.1 Å². The van der Waals surface area contributed by atoms with Gasteiger partial charge in [-0.25, -0.2) is 0 Å². The molecule has 0 radical (unpaired) electrons. The summed E-state index contributed by atoms with van der Waals surface area (Å²) in [6.07, 6.45) is 3.39. The van der Waals surface area contributed by atoms with Crippen molar-refractivity contribution in [2.75, 3.05) is 45.8 Å². The predicted octanol–water partition coefficient (Wildman–Crippen LogP) is 2.13. The largest absolute Gasteiger partial charge is 0.488 e. The van der Waals surface area contributed by atoms with E-state index in [4.69, 9.17) is 10.5 Å². The van der Waals surface area contributed by atoms with Crippen molar-refractivity contribution >= 4 is 17.7 Å². The number of ether oxygens (including phenoxy) is 1. The minimum atomic E-state index is -0.545. The zero-order valence-corrected chi connectivity index (χ0v) is 19.4. The number of piperidine rings is 1. The Kier molecular flexibility index (Phi) is 7.80. The molecule has 0 bridgehead atoms. The number of hydrogen-bond acceptors (Lipinski definition) is 5. The molecule has 0 aliphatic carbocycles. The number of nitrogens with two attached hydrogens (primary N) is 1. The first-order chi connectivity index (χ1) is 16.5. The monoisotopic (exact) mass is 464 g/mol. The summed E-state index contributed by atoms with van der Waals surface area (Å²) >= 11 is 0. The molecular formula is C26H32N4O4. The highest BCUT2D eigenvalue weighted by Crippen LogP contribution is 2.20. The molecule has 0 atom stereocenters. The van der Waals surface area contributed by atoms with Crippen molar-refractivity contribution in [1.29, 1.82) is 0 Å². The Balaban J connectivity index is 1.30. The minimum Gasteiger partial charge on any atom is -0.488 e. The Morgan fingerprint density at radius 2 is 1.56 bits per heavy atom. The fourth-order valence-electron chi connectivity index (χ4n) is 4.48. The predicted molar refractivity (Wildman–Crippen MR) is 129 cm³/mol. The van der Waals surface area contributed by atoms with Gasteiger partial charge in [0, 0.05) is 44.8 Å². The Morgan fingerprint density at radius 1 is 0.824 bits per heavy atom. The Morgan fingerprint density at radius 3 is 2.29 bits per heavy atom. The smallest absolute Gasteiger partial charge is 0.253 e. The Hall–Kier alpha value is -3.39. The average Bonchev–Trinajstić information content (AvgIpc) is 2.88. The highest BCUT2D eigenvalue weighted by Gasteiger charge is 2.25. The van der Waals surface area contributed by atoms with Crippen LogP contribution in [0.25, 0.3) is 0 Å². The van der Waals surface area contributed by atoms with Crippen LogP contribution >= 0.6 is 0 Å². The number of benzene rings is 2. The van der Waals surface area contributed by atoms with E-state index in [0.29, 0.717) is 49.6 Å². The van der Waals surface area contributed by atoms with Crippen molar-refractivity contribution in [3.05, 3.63) is 65.2 Å². The zero-order chi connectivity index (χ0) is 23.9. The Bertz CT molecular complexity index is 1030. The summed E-state index contributed by atoms with van der Waals surface area (Å²) in [5.41, 5.74) is 7.16. The van der Waals surface area contributed by atoms with Crippen molar-refractivity contribution in [3.8, 4) is 5.75 Å². The molecule has 34 heavy (non-hydrogen) atoms. The van der Waals surface area contributed by atoms with Gasteiger partial charge in [-0.15, -0.1) is 0 Å². The second-order valence-corrected chi connectivity index (χ2v) is 8.86. The van der Waals surface area contributed by atoms with Crippen LogP contribution in [-0.2, 0) is 11.4 Å². The van der Waals surface area contributed by atoms with Gasteiger partial charge in [0.05, 0.1) is 12.1 Å². The molecule has 0 aromatic heterocycles. The van der Waals surface area contributed by atoms with Crippen LogP contribution in [-0.4, -0.2) is 78.2 Å². The number of para-hydroxylation sites is 1. The number of piperazine rings is 1. The lowest BCUT2D eigenvalue weighted by Gasteiger charge is -2.36. The van der Waals surface area contributed by atoms with Gasteiger partial charge in [-0.3, -0.25) is 19.3 Å². The van der Waals surface area contributed by atoms with Crippen LogP contribution in [0.3, 0.4) is 0 Å². The van der Waals surface area contributed by atoms with Crippen molar-refractivity contribution in [2.24, 2.45) is 5.73 Å². The minimum absolute atomic E-state index is 0.0265. The van der Waals surface area contributed by atoms with Crippen LogP contribution in [0.4, 0.5) is 0 Å². The maximum absolute atomic E-state index is 13.1. The summed E-state index contributed by atoms with van der Waals surface area (Å²) in [7, 11) is 0. The molecule has 180 valence electrons. The molecule has 2 heterocycles. The van der Waals surface area contributed by atoms with Gasteiger partial charge < -0.3 is 20.3 Å². The summed E-state index contributed by atoms with van der Waals surface area (Å²) in [5.74, 6) is 0.0460. The number of nitrogens with zero attached hydrogens (tertiary/aromatic N) is 3. The van der Waals surface area contributed by atoms with Crippen molar-refractivity contribution in [2.45, 2.75) is 25.9 Å². The normalized spacial score (nSPS) is 16.8. The molecule has 0 unspecified atom stereocenters. The van der Waals surface area contributed by atoms with Crippen molar-refractivity contribution in [1.82, 2.24) is 14.7 Å². The summed E-state index contributed by atoms with van der Waals surface area (Å²) in [6, 6.07) is 14.2. The summed E-state index contributed by atoms with van der Waals surface area (Å²) in [4.78, 5) is 43.1. The number of rotatable bonds is 7. The summed E-state index contributed by atoms with van der Waals surface area (Å²) in [6.45, 7) is 4.96. The topological polar surface area (TPSA) is 96.2 Å². The standard InChI is InChI=1S/C26H32N4O4/c27-25(32)22-9-2-3-10-23(22)34-19-20-7-6-8-21(17-20)26(33)30-15-13-28(14-16-30)18-24(31)29-11-4-1-5-12-29/h2-3,6-10,17H,1,4-5,11-16,18-19H2,(H2,27,32). The SMILES string of the molecule is NC(=O)c1ccccc1OCc1cccc(C(=O)N2CCN(CC(=O)N3CCCCC3)CC2)c1. The van der Waals surface area contributed by atoms with E-state index >= 15 is 0 Å². The number of primary amides is 1. The van der Waals surface area contributed by atoms with Gasteiger partial charge in [0.25, 0.3) is 11.8 Å². The summed E-state index contributed by atoms with van der Waals surface area (Å²) < 4.78 is 5.80. The van der Waals surface area contributed by atoms with E-state index in [1.165, 1.54) is 6.42 Å². The van der Waals surface area contributed by atoms with Crippen LogP contribution in [0.1, 0.15) is 45.5 Å². The van der Waals surface area contributed by atoms with Crippen LogP contribution in [0.2, 0.25) is 0 Å². The molecule has 0 saturated carbocycles. The van der Waals surface area contributed by atoms with E-state index in [1.807, 2.05) is 28.0 Å². The van der Waals surface area contributed by atoms with Crippen LogP contribution in [0.15, 0.2) is 48.5 Å². The number of amides is 3. The third kappa shape index (κ3) is 5.94. The first kappa shape index (κ1) is 23.8. The zero-order valence-electron chi connectivity index (χ0n) is 19.4. The van der Waals surface area contributed by atoms with Gasteiger partial charge in [-0.1, -0.05) is 24.3 Å².